The van der Waals surface area contributed by atoms with Crippen molar-refractivity contribution in [3.63, 3.8) is 0 Å². The van der Waals surface area contributed by atoms with E-state index < -0.39 is 53.2 Å². The standard InChI is InChI=1S/C30H30F3N3O5/c1-19(16-26(37)20(2)41-24-13-11-22(12-14-24)30(31,32)33)28(39)36-25(17-21-8-4-3-5-9-21)27(38)29(40)35-18-23-10-6-7-15-34-23/h3-15,19-20,25H,16-18H2,1-2H3,(H,35,40)(H,36,39)/t19-,20?,25+/m0/s1. The normalized spacial score (nSPS) is 13.4. The van der Waals surface area contributed by atoms with Crippen LogP contribution in [0.1, 0.15) is 37.1 Å². The van der Waals surface area contributed by atoms with Crippen LogP contribution in [0.15, 0.2) is 79.0 Å². The van der Waals surface area contributed by atoms with Gasteiger partial charge in [0.2, 0.25) is 11.7 Å². The first-order valence-electron chi connectivity index (χ1n) is 12.9. The highest BCUT2D eigenvalue weighted by Gasteiger charge is 2.31. The second-order valence-corrected chi connectivity index (χ2v) is 9.47. The fourth-order valence-corrected chi connectivity index (χ4v) is 3.84. The third-order valence-corrected chi connectivity index (χ3v) is 6.20. The Morgan fingerprint density at radius 1 is 0.902 bits per heavy atom. The maximum atomic E-state index is 13.0. The molecule has 0 aliphatic heterocycles. The molecule has 0 spiro atoms. The number of carbonyl (C=O) groups is 4. The summed E-state index contributed by atoms with van der Waals surface area (Å²) in [5.41, 5.74) is 0.419. The number of rotatable bonds is 13. The highest BCUT2D eigenvalue weighted by molar-refractivity contribution is 6.38. The number of aromatic nitrogens is 1. The molecule has 3 atom stereocenters. The number of nitrogens with one attached hydrogen (secondary N) is 2. The molecule has 8 nitrogen and oxygen atoms in total. The Morgan fingerprint density at radius 3 is 2.17 bits per heavy atom. The quantitative estimate of drug-likeness (QED) is 0.300. The Bertz CT molecular complexity index is 1330. The summed E-state index contributed by atoms with van der Waals surface area (Å²) >= 11 is 0. The number of benzene rings is 2. The van der Waals surface area contributed by atoms with Crippen molar-refractivity contribution in [3.05, 3.63) is 95.8 Å². The number of amides is 2. The van der Waals surface area contributed by atoms with Gasteiger partial charge in [0.15, 0.2) is 11.9 Å². The minimum Gasteiger partial charge on any atom is -0.483 e. The Labute approximate surface area is 235 Å². The molecule has 11 heteroatoms. The van der Waals surface area contributed by atoms with Gasteiger partial charge >= 0.3 is 6.18 Å². The van der Waals surface area contributed by atoms with Crippen molar-refractivity contribution in [2.45, 2.75) is 51.6 Å². The van der Waals surface area contributed by atoms with E-state index in [2.05, 4.69) is 15.6 Å². The topological polar surface area (TPSA) is 114 Å². The van der Waals surface area contributed by atoms with E-state index in [4.69, 9.17) is 4.74 Å². The number of halogens is 3. The molecule has 0 aliphatic carbocycles. The van der Waals surface area contributed by atoms with Crippen LogP contribution in [-0.4, -0.2) is 40.5 Å². The average molecular weight is 570 g/mol. The number of ketones is 2. The van der Waals surface area contributed by atoms with Gasteiger partial charge in [-0.25, -0.2) is 0 Å². The molecule has 3 aromatic rings. The maximum Gasteiger partial charge on any atom is 0.416 e. The summed E-state index contributed by atoms with van der Waals surface area (Å²) in [5, 5.41) is 5.11. The van der Waals surface area contributed by atoms with Gasteiger partial charge in [0, 0.05) is 25.0 Å². The van der Waals surface area contributed by atoms with Crippen molar-refractivity contribution in [3.8, 4) is 5.75 Å². The van der Waals surface area contributed by atoms with Crippen LogP contribution in [0.2, 0.25) is 0 Å². The molecule has 2 aromatic carbocycles. The molecule has 3 rings (SSSR count). The van der Waals surface area contributed by atoms with E-state index in [0.29, 0.717) is 11.3 Å². The fourth-order valence-electron chi connectivity index (χ4n) is 3.84. The van der Waals surface area contributed by atoms with Gasteiger partial charge in [0.25, 0.3) is 5.91 Å². The number of alkyl halides is 3. The van der Waals surface area contributed by atoms with Gasteiger partial charge in [-0.3, -0.25) is 24.2 Å². The van der Waals surface area contributed by atoms with Crippen LogP contribution in [0.3, 0.4) is 0 Å². The molecule has 1 unspecified atom stereocenters. The summed E-state index contributed by atoms with van der Waals surface area (Å²) in [6, 6.07) is 16.7. The van der Waals surface area contributed by atoms with Crippen LogP contribution in [0.5, 0.6) is 5.75 Å². The van der Waals surface area contributed by atoms with Crippen molar-refractivity contribution < 1.29 is 37.1 Å². The van der Waals surface area contributed by atoms with Gasteiger partial charge in [-0.05, 0) is 48.9 Å². The first kappa shape index (κ1) is 31.0. The third-order valence-electron chi connectivity index (χ3n) is 6.20. The van der Waals surface area contributed by atoms with Gasteiger partial charge in [-0.1, -0.05) is 43.3 Å². The lowest BCUT2D eigenvalue weighted by Crippen LogP contribution is -2.50. The highest BCUT2D eigenvalue weighted by atomic mass is 19.4. The van der Waals surface area contributed by atoms with Crippen molar-refractivity contribution >= 4 is 23.4 Å². The van der Waals surface area contributed by atoms with Crippen LogP contribution >= 0.6 is 0 Å². The van der Waals surface area contributed by atoms with Crippen molar-refractivity contribution in [1.29, 1.82) is 0 Å². The number of hydrogen-bond donors (Lipinski definition) is 2. The second-order valence-electron chi connectivity index (χ2n) is 9.47. The van der Waals surface area contributed by atoms with Crippen molar-refractivity contribution in [2.75, 3.05) is 0 Å². The predicted molar refractivity (Wildman–Crippen MR) is 143 cm³/mol. The van der Waals surface area contributed by atoms with E-state index in [1.54, 1.807) is 54.7 Å². The molecular formula is C30H30F3N3O5. The van der Waals surface area contributed by atoms with E-state index in [1.807, 2.05) is 0 Å². The number of nitrogens with zero attached hydrogens (tertiary/aromatic N) is 1. The number of pyridine rings is 1. The Balaban J connectivity index is 1.60. The zero-order chi connectivity index (χ0) is 30.0. The predicted octanol–water partition coefficient (Wildman–Crippen LogP) is 4.08. The first-order chi connectivity index (χ1) is 19.4. The number of carbonyl (C=O) groups excluding carboxylic acids is 4. The van der Waals surface area contributed by atoms with Gasteiger partial charge < -0.3 is 15.4 Å². The van der Waals surface area contributed by atoms with Crippen molar-refractivity contribution in [2.24, 2.45) is 5.92 Å². The van der Waals surface area contributed by atoms with Gasteiger partial charge in [-0.15, -0.1) is 0 Å². The van der Waals surface area contributed by atoms with Crippen LogP contribution in [0.25, 0.3) is 0 Å². The lowest BCUT2D eigenvalue weighted by Gasteiger charge is -2.21. The molecule has 2 amide bonds. The molecule has 0 saturated carbocycles. The minimum absolute atomic E-state index is 0.0269. The lowest BCUT2D eigenvalue weighted by atomic mass is 9.98. The Morgan fingerprint density at radius 2 is 1.56 bits per heavy atom. The molecule has 0 bridgehead atoms. The zero-order valence-electron chi connectivity index (χ0n) is 22.5. The van der Waals surface area contributed by atoms with E-state index in [0.717, 1.165) is 24.3 Å². The van der Waals surface area contributed by atoms with E-state index in [9.17, 15) is 32.3 Å². The molecule has 2 N–H and O–H groups in total. The first-order valence-corrected chi connectivity index (χ1v) is 12.9. The van der Waals surface area contributed by atoms with Gasteiger partial charge in [-0.2, -0.15) is 13.2 Å². The van der Waals surface area contributed by atoms with Gasteiger partial charge in [0.1, 0.15) is 11.8 Å². The summed E-state index contributed by atoms with van der Waals surface area (Å²) in [6.45, 7) is 2.95. The molecule has 0 fully saturated rings. The third kappa shape index (κ3) is 9.55. The summed E-state index contributed by atoms with van der Waals surface area (Å²) < 4.78 is 43.8. The lowest BCUT2D eigenvalue weighted by molar-refractivity contribution is -0.140. The number of ether oxygens (including phenoxy) is 1. The average Bonchev–Trinajstić information content (AvgIpc) is 2.95. The molecule has 216 valence electrons. The van der Waals surface area contributed by atoms with E-state index in [1.165, 1.54) is 13.8 Å². The summed E-state index contributed by atoms with van der Waals surface area (Å²) in [6.07, 6.45) is -4.19. The molecule has 0 radical (unpaired) electrons. The number of Topliss-reactive ketones (excluding diaryl/α,β-unsaturated/α-hetero) is 2. The van der Waals surface area contributed by atoms with E-state index >= 15 is 0 Å². The monoisotopic (exact) mass is 569 g/mol. The Kier molecular flexibility index (Phi) is 10.7. The maximum absolute atomic E-state index is 13.0. The molecule has 41 heavy (non-hydrogen) atoms. The van der Waals surface area contributed by atoms with Crippen molar-refractivity contribution in [1.82, 2.24) is 15.6 Å². The summed E-state index contributed by atoms with van der Waals surface area (Å²) in [4.78, 5) is 55.5. The van der Waals surface area contributed by atoms with Crippen LogP contribution in [-0.2, 0) is 38.3 Å². The van der Waals surface area contributed by atoms with Gasteiger partial charge in [0.05, 0.1) is 17.8 Å². The van der Waals surface area contributed by atoms with Crippen LogP contribution < -0.4 is 15.4 Å². The molecule has 1 heterocycles. The van der Waals surface area contributed by atoms with E-state index in [-0.39, 0.29) is 25.1 Å². The highest BCUT2D eigenvalue weighted by Crippen LogP contribution is 2.30. The second kappa shape index (κ2) is 14.2. The smallest absolute Gasteiger partial charge is 0.416 e. The minimum atomic E-state index is -4.50. The Hall–Kier alpha value is -4.54. The van der Waals surface area contributed by atoms with Crippen LogP contribution in [0.4, 0.5) is 13.2 Å². The largest absolute Gasteiger partial charge is 0.483 e. The molecule has 0 aliphatic rings. The molecule has 1 aromatic heterocycles. The molecular weight excluding hydrogens is 539 g/mol. The SMILES string of the molecule is CC(Oc1ccc(C(F)(F)F)cc1)C(=O)C[C@H](C)C(=O)N[C@H](Cc1ccccc1)C(=O)C(=O)NCc1ccccn1. The van der Waals surface area contributed by atoms with Crippen LogP contribution in [0, 0.1) is 5.92 Å². The summed E-state index contributed by atoms with van der Waals surface area (Å²) in [5.74, 6) is -3.64. The number of hydrogen-bond acceptors (Lipinski definition) is 6. The summed E-state index contributed by atoms with van der Waals surface area (Å²) in [7, 11) is 0. The zero-order valence-corrected chi connectivity index (χ0v) is 22.5. The fraction of sp³-hybridized carbons (Fsp3) is 0.300. The molecule has 0 saturated heterocycles.